The molecule has 1 heterocycles. The SMILES string of the molecule is CC(NC(=O)NC=C1CCOCC1)C12CC3CC(CC(C3)C1)C2. The summed E-state index contributed by atoms with van der Waals surface area (Å²) in [5, 5.41) is 6.20. The Morgan fingerprint density at radius 3 is 2.26 bits per heavy atom. The molecule has 2 amide bonds. The van der Waals surface area contributed by atoms with Crippen LogP contribution in [0.3, 0.4) is 0 Å². The number of amides is 2. The Bertz CT molecular complexity index is 456. The predicted molar refractivity (Wildman–Crippen MR) is 89.9 cm³/mol. The third kappa shape index (κ3) is 3.15. The van der Waals surface area contributed by atoms with Gasteiger partial charge in [0.05, 0.1) is 13.2 Å². The summed E-state index contributed by atoms with van der Waals surface area (Å²) in [6, 6.07) is 0.247. The third-order valence-corrected chi connectivity index (χ3v) is 6.89. The standard InChI is InChI=1S/C19H30N2O2/c1-13(21-18(22)20-12-14-2-4-23-5-3-14)19-9-15-6-16(10-19)8-17(7-15)11-19/h12-13,15-17H,2-11H2,1H3,(H2,20,21,22). The molecule has 4 heteroatoms. The van der Waals surface area contributed by atoms with Crippen LogP contribution in [0.4, 0.5) is 4.79 Å². The number of hydrogen-bond donors (Lipinski definition) is 2. The summed E-state index contributed by atoms with van der Waals surface area (Å²) in [5.74, 6) is 2.79. The molecule has 2 N–H and O–H groups in total. The molecule has 128 valence electrons. The molecular weight excluding hydrogens is 288 g/mol. The lowest BCUT2D eigenvalue weighted by Gasteiger charge is -2.59. The first kappa shape index (κ1) is 15.5. The molecule has 0 aromatic heterocycles. The van der Waals surface area contributed by atoms with Gasteiger partial charge in [0.1, 0.15) is 0 Å². The Morgan fingerprint density at radius 2 is 1.70 bits per heavy atom. The maximum Gasteiger partial charge on any atom is 0.318 e. The topological polar surface area (TPSA) is 50.4 Å². The van der Waals surface area contributed by atoms with Gasteiger partial charge in [-0.15, -0.1) is 0 Å². The molecule has 4 aliphatic carbocycles. The molecule has 0 aromatic carbocycles. The van der Waals surface area contributed by atoms with Gasteiger partial charge in [0.15, 0.2) is 0 Å². The van der Waals surface area contributed by atoms with E-state index < -0.39 is 0 Å². The fourth-order valence-corrected chi connectivity index (χ4v) is 6.04. The van der Waals surface area contributed by atoms with Gasteiger partial charge in [0.2, 0.25) is 0 Å². The second kappa shape index (κ2) is 6.12. The lowest BCUT2D eigenvalue weighted by Crippen LogP contribution is -2.56. The quantitative estimate of drug-likeness (QED) is 0.835. The highest BCUT2D eigenvalue weighted by molar-refractivity contribution is 5.75. The van der Waals surface area contributed by atoms with E-state index in [-0.39, 0.29) is 12.1 Å². The van der Waals surface area contributed by atoms with Crippen LogP contribution in [0.5, 0.6) is 0 Å². The van der Waals surface area contributed by atoms with E-state index in [9.17, 15) is 4.79 Å². The molecular formula is C19H30N2O2. The Morgan fingerprint density at radius 1 is 1.13 bits per heavy atom. The van der Waals surface area contributed by atoms with Gasteiger partial charge in [0, 0.05) is 12.2 Å². The summed E-state index contributed by atoms with van der Waals surface area (Å²) in [6.45, 7) is 3.78. The molecule has 1 saturated heterocycles. The molecule has 5 fully saturated rings. The zero-order valence-electron chi connectivity index (χ0n) is 14.3. The second-order valence-corrected chi connectivity index (χ2v) is 8.53. The average molecular weight is 318 g/mol. The van der Waals surface area contributed by atoms with E-state index in [0.29, 0.717) is 5.41 Å². The number of hydrogen-bond acceptors (Lipinski definition) is 2. The fourth-order valence-electron chi connectivity index (χ4n) is 6.04. The number of nitrogens with one attached hydrogen (secondary N) is 2. The molecule has 0 spiro atoms. The van der Waals surface area contributed by atoms with Gasteiger partial charge < -0.3 is 15.4 Å². The van der Waals surface area contributed by atoms with Crippen LogP contribution in [-0.2, 0) is 4.74 Å². The van der Waals surface area contributed by atoms with Gasteiger partial charge in [-0.25, -0.2) is 4.79 Å². The number of carbonyl (C=O) groups is 1. The van der Waals surface area contributed by atoms with Gasteiger partial charge in [0.25, 0.3) is 0 Å². The van der Waals surface area contributed by atoms with Crippen molar-refractivity contribution in [3.8, 4) is 0 Å². The van der Waals surface area contributed by atoms with Crippen LogP contribution < -0.4 is 10.6 Å². The average Bonchev–Trinajstić information content (AvgIpc) is 2.52. The number of rotatable bonds is 3. The van der Waals surface area contributed by atoms with Gasteiger partial charge in [-0.2, -0.15) is 0 Å². The summed E-state index contributed by atoms with van der Waals surface area (Å²) in [6.07, 6.45) is 12.1. The Labute approximate surface area is 139 Å². The van der Waals surface area contributed by atoms with Gasteiger partial charge in [-0.3, -0.25) is 0 Å². The molecule has 5 rings (SSSR count). The van der Waals surface area contributed by atoms with Crippen molar-refractivity contribution in [3.63, 3.8) is 0 Å². The van der Waals surface area contributed by atoms with Gasteiger partial charge >= 0.3 is 6.03 Å². The molecule has 5 aliphatic rings. The Kier molecular flexibility index (Phi) is 4.12. The molecule has 1 unspecified atom stereocenters. The highest BCUT2D eigenvalue weighted by Gasteiger charge is 2.53. The van der Waals surface area contributed by atoms with E-state index >= 15 is 0 Å². The first-order chi connectivity index (χ1) is 11.1. The summed E-state index contributed by atoms with van der Waals surface area (Å²) < 4.78 is 5.34. The van der Waals surface area contributed by atoms with Gasteiger partial charge in [-0.05, 0) is 87.0 Å². The zero-order chi connectivity index (χ0) is 15.9. The van der Waals surface area contributed by atoms with Crippen molar-refractivity contribution in [3.05, 3.63) is 11.8 Å². The fraction of sp³-hybridized carbons (Fsp3) is 0.842. The summed E-state index contributed by atoms with van der Waals surface area (Å²) in [5.41, 5.74) is 1.66. The van der Waals surface area contributed by atoms with E-state index in [0.717, 1.165) is 43.8 Å². The normalized spacial score (nSPS) is 39.9. The number of carbonyl (C=O) groups excluding carboxylic acids is 1. The van der Waals surface area contributed by atoms with Crippen molar-refractivity contribution in [1.29, 1.82) is 0 Å². The first-order valence-electron chi connectivity index (χ1n) is 9.46. The number of urea groups is 1. The first-order valence-corrected chi connectivity index (χ1v) is 9.46. The van der Waals surface area contributed by atoms with Crippen LogP contribution in [0.1, 0.15) is 58.3 Å². The predicted octanol–water partition coefficient (Wildman–Crippen LogP) is 3.58. The smallest absolute Gasteiger partial charge is 0.318 e. The second-order valence-electron chi connectivity index (χ2n) is 8.53. The molecule has 4 saturated carbocycles. The minimum absolute atomic E-state index is 0.0350. The summed E-state index contributed by atoms with van der Waals surface area (Å²) >= 11 is 0. The van der Waals surface area contributed by atoms with E-state index in [2.05, 4.69) is 17.6 Å². The van der Waals surface area contributed by atoms with Crippen molar-refractivity contribution in [1.82, 2.24) is 10.6 Å². The maximum absolute atomic E-state index is 12.3. The lowest BCUT2D eigenvalue weighted by atomic mass is 9.48. The van der Waals surface area contributed by atoms with E-state index in [1.165, 1.54) is 44.1 Å². The lowest BCUT2D eigenvalue weighted by molar-refractivity contribution is -0.0681. The molecule has 1 aliphatic heterocycles. The van der Waals surface area contributed by atoms with Crippen molar-refractivity contribution >= 4 is 6.03 Å². The molecule has 0 radical (unpaired) electrons. The summed E-state index contributed by atoms with van der Waals surface area (Å²) in [4.78, 5) is 12.3. The van der Waals surface area contributed by atoms with Crippen LogP contribution in [-0.4, -0.2) is 25.3 Å². The Hall–Kier alpha value is -1.03. The van der Waals surface area contributed by atoms with E-state index in [1.54, 1.807) is 0 Å². The molecule has 0 aromatic rings. The number of ether oxygens (including phenoxy) is 1. The molecule has 4 bridgehead atoms. The monoisotopic (exact) mass is 318 g/mol. The molecule has 1 atom stereocenters. The van der Waals surface area contributed by atoms with Crippen LogP contribution in [0.15, 0.2) is 11.8 Å². The molecule has 23 heavy (non-hydrogen) atoms. The highest BCUT2D eigenvalue weighted by Crippen LogP contribution is 2.61. The van der Waals surface area contributed by atoms with E-state index in [1.807, 2.05) is 6.20 Å². The van der Waals surface area contributed by atoms with Gasteiger partial charge in [-0.1, -0.05) is 0 Å². The van der Waals surface area contributed by atoms with Crippen molar-refractivity contribution in [2.24, 2.45) is 23.2 Å². The highest BCUT2D eigenvalue weighted by atomic mass is 16.5. The third-order valence-electron chi connectivity index (χ3n) is 6.89. The molecule has 4 nitrogen and oxygen atoms in total. The minimum Gasteiger partial charge on any atom is -0.381 e. The van der Waals surface area contributed by atoms with Crippen molar-refractivity contribution in [2.75, 3.05) is 13.2 Å². The minimum atomic E-state index is -0.0350. The Balaban J connectivity index is 1.34. The summed E-state index contributed by atoms with van der Waals surface area (Å²) in [7, 11) is 0. The van der Waals surface area contributed by atoms with Crippen LogP contribution in [0.25, 0.3) is 0 Å². The van der Waals surface area contributed by atoms with Crippen molar-refractivity contribution in [2.45, 2.75) is 64.3 Å². The van der Waals surface area contributed by atoms with Crippen molar-refractivity contribution < 1.29 is 9.53 Å². The zero-order valence-corrected chi connectivity index (χ0v) is 14.3. The van der Waals surface area contributed by atoms with Crippen LogP contribution in [0.2, 0.25) is 0 Å². The van der Waals surface area contributed by atoms with Crippen LogP contribution in [0, 0.1) is 23.2 Å². The van der Waals surface area contributed by atoms with Crippen LogP contribution >= 0.6 is 0 Å². The maximum atomic E-state index is 12.3. The van der Waals surface area contributed by atoms with E-state index in [4.69, 9.17) is 4.74 Å². The largest absolute Gasteiger partial charge is 0.381 e.